The van der Waals surface area contributed by atoms with Gasteiger partial charge >= 0.3 is 5.69 Å². The third-order valence-electron chi connectivity index (χ3n) is 3.29. The third-order valence-corrected chi connectivity index (χ3v) is 3.29. The Hall–Kier alpha value is -2.40. The van der Waals surface area contributed by atoms with E-state index in [1.807, 2.05) is 19.1 Å². The summed E-state index contributed by atoms with van der Waals surface area (Å²) in [5.41, 5.74) is 7.74. The van der Waals surface area contributed by atoms with Crippen molar-refractivity contribution in [3.05, 3.63) is 63.7 Å². The second kappa shape index (κ2) is 6.37. The Labute approximate surface area is 123 Å². The van der Waals surface area contributed by atoms with Gasteiger partial charge in [0.15, 0.2) is 0 Å². The summed E-state index contributed by atoms with van der Waals surface area (Å²) < 4.78 is 5.61. The van der Waals surface area contributed by atoms with E-state index in [0.29, 0.717) is 5.75 Å². The maximum absolute atomic E-state index is 11.1. The van der Waals surface area contributed by atoms with E-state index in [4.69, 9.17) is 10.5 Å². The maximum atomic E-state index is 11.1. The standard InChI is InChI=1S/C16H18N2O3/c1-3-14(17)12-5-7-13(8-6-12)21-16-9-4-11(2)10-15(16)18(19)20/h4-10,14H,3,17H2,1-2H3. The van der Waals surface area contributed by atoms with Crippen LogP contribution in [0.5, 0.6) is 11.5 Å². The van der Waals surface area contributed by atoms with Crippen LogP contribution in [0.25, 0.3) is 0 Å². The summed E-state index contributed by atoms with van der Waals surface area (Å²) in [6.07, 6.45) is 0.851. The monoisotopic (exact) mass is 286 g/mol. The average Bonchev–Trinajstić information content (AvgIpc) is 2.49. The van der Waals surface area contributed by atoms with Crippen molar-refractivity contribution in [2.24, 2.45) is 5.73 Å². The van der Waals surface area contributed by atoms with Gasteiger partial charge in [-0.05, 0) is 42.7 Å². The fourth-order valence-corrected chi connectivity index (χ4v) is 2.00. The van der Waals surface area contributed by atoms with Crippen LogP contribution in [0.15, 0.2) is 42.5 Å². The van der Waals surface area contributed by atoms with Crippen LogP contribution in [0.1, 0.15) is 30.5 Å². The van der Waals surface area contributed by atoms with Gasteiger partial charge in [-0.2, -0.15) is 0 Å². The van der Waals surface area contributed by atoms with Gasteiger partial charge in [0.25, 0.3) is 0 Å². The van der Waals surface area contributed by atoms with Crippen molar-refractivity contribution in [1.82, 2.24) is 0 Å². The van der Waals surface area contributed by atoms with Gasteiger partial charge in [-0.1, -0.05) is 25.1 Å². The fraction of sp³-hybridized carbons (Fsp3) is 0.250. The number of benzene rings is 2. The summed E-state index contributed by atoms with van der Waals surface area (Å²) in [4.78, 5) is 10.6. The van der Waals surface area contributed by atoms with Gasteiger partial charge in [0.05, 0.1) is 4.92 Å². The normalized spacial score (nSPS) is 12.0. The molecule has 0 fully saturated rings. The molecular weight excluding hydrogens is 268 g/mol. The molecule has 0 heterocycles. The van der Waals surface area contributed by atoms with Crippen molar-refractivity contribution in [2.45, 2.75) is 26.3 Å². The quantitative estimate of drug-likeness (QED) is 0.662. The molecular formula is C16H18N2O3. The Balaban J connectivity index is 2.24. The average molecular weight is 286 g/mol. The summed E-state index contributed by atoms with van der Waals surface area (Å²) in [5.74, 6) is 0.784. The molecule has 0 bridgehead atoms. The van der Waals surface area contributed by atoms with Gasteiger partial charge in [0.1, 0.15) is 5.75 Å². The van der Waals surface area contributed by atoms with Crippen molar-refractivity contribution in [3.63, 3.8) is 0 Å². The topological polar surface area (TPSA) is 78.4 Å². The van der Waals surface area contributed by atoms with E-state index in [2.05, 4.69) is 0 Å². The second-order valence-corrected chi connectivity index (χ2v) is 4.91. The summed E-state index contributed by atoms with van der Waals surface area (Å²) in [6, 6.07) is 12.2. The number of hydrogen-bond donors (Lipinski definition) is 1. The molecule has 110 valence electrons. The Morgan fingerprint density at radius 1 is 1.24 bits per heavy atom. The van der Waals surface area contributed by atoms with Gasteiger partial charge in [0, 0.05) is 12.1 Å². The number of nitro groups is 1. The minimum Gasteiger partial charge on any atom is -0.450 e. The molecule has 2 rings (SSSR count). The number of aryl methyl sites for hydroxylation is 1. The SMILES string of the molecule is CCC(N)c1ccc(Oc2ccc(C)cc2[N+](=O)[O-])cc1. The highest BCUT2D eigenvalue weighted by Gasteiger charge is 2.16. The molecule has 0 aliphatic carbocycles. The van der Waals surface area contributed by atoms with Crippen LogP contribution in [0.4, 0.5) is 5.69 Å². The first-order valence-electron chi connectivity index (χ1n) is 6.79. The number of rotatable bonds is 5. The summed E-state index contributed by atoms with van der Waals surface area (Å²) >= 11 is 0. The smallest absolute Gasteiger partial charge is 0.311 e. The van der Waals surface area contributed by atoms with E-state index in [9.17, 15) is 10.1 Å². The molecule has 0 saturated carbocycles. The molecule has 1 unspecified atom stereocenters. The highest BCUT2D eigenvalue weighted by atomic mass is 16.6. The Kier molecular flexibility index (Phi) is 4.55. The summed E-state index contributed by atoms with van der Waals surface area (Å²) in [7, 11) is 0. The summed E-state index contributed by atoms with van der Waals surface area (Å²) in [6.45, 7) is 3.82. The Bertz CT molecular complexity index is 638. The molecule has 2 aromatic carbocycles. The van der Waals surface area contributed by atoms with Crippen LogP contribution in [0.2, 0.25) is 0 Å². The lowest BCUT2D eigenvalue weighted by atomic mass is 10.1. The number of nitrogens with zero attached hydrogens (tertiary/aromatic N) is 1. The Morgan fingerprint density at radius 3 is 2.48 bits per heavy atom. The second-order valence-electron chi connectivity index (χ2n) is 4.91. The van der Waals surface area contributed by atoms with Gasteiger partial charge in [-0.15, -0.1) is 0 Å². The lowest BCUT2D eigenvalue weighted by molar-refractivity contribution is -0.385. The zero-order chi connectivity index (χ0) is 15.4. The predicted octanol–water partition coefficient (Wildman–Crippen LogP) is 4.11. The first kappa shape index (κ1) is 15.0. The molecule has 0 aliphatic rings. The highest BCUT2D eigenvalue weighted by molar-refractivity contribution is 5.50. The summed E-state index contributed by atoms with van der Waals surface area (Å²) in [5, 5.41) is 11.1. The number of nitro benzene ring substituents is 1. The minimum atomic E-state index is -0.441. The van der Waals surface area contributed by atoms with Crippen molar-refractivity contribution >= 4 is 5.69 Å². The molecule has 5 nitrogen and oxygen atoms in total. The fourth-order valence-electron chi connectivity index (χ4n) is 2.00. The number of hydrogen-bond acceptors (Lipinski definition) is 4. The van der Waals surface area contributed by atoms with Gasteiger partial charge in [-0.3, -0.25) is 10.1 Å². The lowest BCUT2D eigenvalue weighted by Gasteiger charge is -2.11. The first-order valence-corrected chi connectivity index (χ1v) is 6.79. The number of nitrogens with two attached hydrogens (primary N) is 1. The number of ether oxygens (including phenoxy) is 1. The lowest BCUT2D eigenvalue weighted by Crippen LogP contribution is -2.08. The third kappa shape index (κ3) is 3.58. The van der Waals surface area contributed by atoms with Crippen LogP contribution in [0, 0.1) is 17.0 Å². The van der Waals surface area contributed by atoms with E-state index in [1.165, 1.54) is 6.07 Å². The zero-order valence-corrected chi connectivity index (χ0v) is 12.1. The van der Waals surface area contributed by atoms with Crippen molar-refractivity contribution < 1.29 is 9.66 Å². The molecule has 1 atom stereocenters. The molecule has 0 aliphatic heterocycles. The van der Waals surface area contributed by atoms with E-state index >= 15 is 0 Å². The molecule has 0 amide bonds. The van der Waals surface area contributed by atoms with Crippen molar-refractivity contribution in [2.75, 3.05) is 0 Å². The molecule has 0 aromatic heterocycles. The van der Waals surface area contributed by atoms with Gasteiger partial charge < -0.3 is 10.5 Å². The van der Waals surface area contributed by atoms with Crippen molar-refractivity contribution in [3.8, 4) is 11.5 Å². The predicted molar refractivity (Wildman–Crippen MR) is 81.6 cm³/mol. The molecule has 21 heavy (non-hydrogen) atoms. The van der Waals surface area contributed by atoms with E-state index in [0.717, 1.165) is 17.5 Å². The molecule has 0 saturated heterocycles. The van der Waals surface area contributed by atoms with E-state index < -0.39 is 4.92 Å². The maximum Gasteiger partial charge on any atom is 0.311 e. The van der Waals surface area contributed by atoms with Gasteiger partial charge in [-0.25, -0.2) is 0 Å². The van der Waals surface area contributed by atoms with Crippen LogP contribution < -0.4 is 10.5 Å². The van der Waals surface area contributed by atoms with Crippen LogP contribution in [0.3, 0.4) is 0 Å². The van der Waals surface area contributed by atoms with E-state index in [-0.39, 0.29) is 17.5 Å². The van der Waals surface area contributed by atoms with Crippen molar-refractivity contribution in [1.29, 1.82) is 0 Å². The molecule has 2 N–H and O–H groups in total. The van der Waals surface area contributed by atoms with Crippen LogP contribution >= 0.6 is 0 Å². The molecule has 0 radical (unpaired) electrons. The Morgan fingerprint density at radius 2 is 1.90 bits per heavy atom. The largest absolute Gasteiger partial charge is 0.450 e. The first-order chi connectivity index (χ1) is 10.0. The molecule has 0 spiro atoms. The van der Waals surface area contributed by atoms with Gasteiger partial charge in [0.2, 0.25) is 5.75 Å². The zero-order valence-electron chi connectivity index (χ0n) is 12.1. The minimum absolute atomic E-state index is 0.00670. The molecule has 2 aromatic rings. The molecule has 5 heteroatoms. The highest BCUT2D eigenvalue weighted by Crippen LogP contribution is 2.32. The van der Waals surface area contributed by atoms with Crippen LogP contribution in [-0.2, 0) is 0 Å². The van der Waals surface area contributed by atoms with Crippen LogP contribution in [-0.4, -0.2) is 4.92 Å². The van der Waals surface area contributed by atoms with E-state index in [1.54, 1.807) is 31.2 Å².